The molecule has 0 unspecified atom stereocenters. The smallest absolute Gasteiger partial charge is 0.0480 e. The van der Waals surface area contributed by atoms with Gasteiger partial charge >= 0.3 is 0 Å². The molecular formula is C9H11OS. The summed E-state index contributed by atoms with van der Waals surface area (Å²) in [5.41, 5.74) is 1.39. The predicted molar refractivity (Wildman–Crippen MR) is 45.9 cm³/mol. The fourth-order valence-electron chi connectivity index (χ4n) is 1.47. The second-order valence-corrected chi connectivity index (χ2v) is 3.58. The maximum atomic E-state index is 5.29. The Balaban J connectivity index is 2.04. The van der Waals surface area contributed by atoms with Crippen molar-refractivity contribution in [3.05, 3.63) is 22.4 Å². The number of hydrogen-bond acceptors (Lipinski definition) is 2. The van der Waals surface area contributed by atoms with Crippen molar-refractivity contribution in [3.8, 4) is 0 Å². The standard InChI is InChI=1S/C9H11OS/c1-4-10-5-2-8(1)9-3-6-11-7-9/h3,6,8H,1-2,4-5H2. The van der Waals surface area contributed by atoms with Crippen LogP contribution < -0.4 is 0 Å². The maximum Gasteiger partial charge on any atom is 0.0480 e. The lowest BCUT2D eigenvalue weighted by molar-refractivity contribution is 0.0854. The maximum absolute atomic E-state index is 5.29. The van der Waals surface area contributed by atoms with Gasteiger partial charge in [-0.3, -0.25) is 0 Å². The molecular weight excluding hydrogens is 156 g/mol. The molecule has 0 spiro atoms. The molecule has 0 aliphatic carbocycles. The number of rotatable bonds is 1. The van der Waals surface area contributed by atoms with Crippen molar-refractivity contribution in [2.75, 3.05) is 13.2 Å². The van der Waals surface area contributed by atoms with Crippen LogP contribution in [0.2, 0.25) is 0 Å². The van der Waals surface area contributed by atoms with Crippen LogP contribution >= 0.6 is 11.3 Å². The average Bonchev–Trinajstić information content (AvgIpc) is 2.58. The van der Waals surface area contributed by atoms with Crippen molar-refractivity contribution >= 4 is 11.3 Å². The van der Waals surface area contributed by atoms with Gasteiger partial charge in [-0.05, 0) is 35.8 Å². The van der Waals surface area contributed by atoms with Crippen LogP contribution in [-0.4, -0.2) is 13.2 Å². The van der Waals surface area contributed by atoms with E-state index in [0.29, 0.717) is 0 Å². The van der Waals surface area contributed by atoms with Crippen LogP contribution in [0.25, 0.3) is 0 Å². The predicted octanol–water partition coefficient (Wildman–Crippen LogP) is 2.44. The van der Waals surface area contributed by atoms with Gasteiger partial charge in [0.15, 0.2) is 0 Å². The van der Waals surface area contributed by atoms with Crippen molar-refractivity contribution in [1.29, 1.82) is 0 Å². The molecule has 1 aromatic rings. The Morgan fingerprint density at radius 2 is 2.27 bits per heavy atom. The molecule has 59 valence electrons. The van der Waals surface area contributed by atoms with Gasteiger partial charge in [0.05, 0.1) is 0 Å². The Morgan fingerprint density at radius 3 is 2.91 bits per heavy atom. The zero-order valence-electron chi connectivity index (χ0n) is 6.38. The first-order valence-electron chi connectivity index (χ1n) is 3.99. The van der Waals surface area contributed by atoms with E-state index in [9.17, 15) is 0 Å². The van der Waals surface area contributed by atoms with Crippen molar-refractivity contribution in [1.82, 2.24) is 0 Å². The molecule has 0 amide bonds. The van der Waals surface area contributed by atoms with Gasteiger partial charge in [-0.2, -0.15) is 0 Å². The Hall–Kier alpha value is -0.340. The molecule has 2 heteroatoms. The van der Waals surface area contributed by atoms with Crippen LogP contribution in [0, 0.1) is 5.38 Å². The van der Waals surface area contributed by atoms with E-state index in [-0.39, 0.29) is 0 Å². The highest BCUT2D eigenvalue weighted by Gasteiger charge is 2.15. The Labute approximate surface area is 71.0 Å². The first-order chi connectivity index (χ1) is 5.47. The molecule has 2 rings (SSSR count). The zero-order chi connectivity index (χ0) is 7.52. The molecule has 1 saturated heterocycles. The lowest BCUT2D eigenvalue weighted by atomic mass is 9.94. The van der Waals surface area contributed by atoms with Gasteiger partial charge in [-0.15, -0.1) is 11.3 Å². The molecule has 0 saturated carbocycles. The highest BCUT2D eigenvalue weighted by molar-refractivity contribution is 7.07. The minimum atomic E-state index is 0.718. The van der Waals surface area contributed by atoms with Crippen molar-refractivity contribution in [3.63, 3.8) is 0 Å². The second kappa shape index (κ2) is 3.37. The minimum Gasteiger partial charge on any atom is -0.381 e. The van der Waals surface area contributed by atoms with Gasteiger partial charge in [0.25, 0.3) is 0 Å². The molecule has 11 heavy (non-hydrogen) atoms. The van der Waals surface area contributed by atoms with Crippen LogP contribution in [-0.2, 0) is 4.74 Å². The minimum absolute atomic E-state index is 0.718. The fraction of sp³-hybridized carbons (Fsp3) is 0.556. The van der Waals surface area contributed by atoms with Gasteiger partial charge < -0.3 is 4.74 Å². The van der Waals surface area contributed by atoms with E-state index in [2.05, 4.69) is 16.8 Å². The molecule has 0 atom stereocenters. The van der Waals surface area contributed by atoms with Gasteiger partial charge in [0.1, 0.15) is 0 Å². The number of ether oxygens (including phenoxy) is 1. The molecule has 1 aromatic heterocycles. The third kappa shape index (κ3) is 1.63. The SMILES string of the molecule is [c]1sccc1C1CCOCC1. The molecule has 0 bridgehead atoms. The summed E-state index contributed by atoms with van der Waals surface area (Å²) in [6.45, 7) is 1.85. The normalized spacial score (nSPS) is 20.4. The van der Waals surface area contributed by atoms with Crippen LogP contribution in [0.4, 0.5) is 0 Å². The van der Waals surface area contributed by atoms with E-state index < -0.39 is 0 Å². The summed E-state index contributed by atoms with van der Waals surface area (Å²) < 4.78 is 5.29. The lowest BCUT2D eigenvalue weighted by Crippen LogP contribution is -2.13. The third-order valence-electron chi connectivity index (χ3n) is 2.15. The molecule has 0 N–H and O–H groups in total. The van der Waals surface area contributed by atoms with E-state index in [0.717, 1.165) is 19.1 Å². The Morgan fingerprint density at radius 1 is 1.45 bits per heavy atom. The molecule has 2 heterocycles. The largest absolute Gasteiger partial charge is 0.381 e. The first kappa shape index (κ1) is 7.32. The first-order valence-corrected chi connectivity index (χ1v) is 4.87. The molecule has 1 aliphatic rings. The van der Waals surface area contributed by atoms with Gasteiger partial charge in [-0.25, -0.2) is 0 Å². The molecule has 0 aromatic carbocycles. The van der Waals surface area contributed by atoms with Crippen molar-refractivity contribution in [2.45, 2.75) is 18.8 Å². The summed E-state index contributed by atoms with van der Waals surface area (Å²) in [5, 5.41) is 5.39. The summed E-state index contributed by atoms with van der Waals surface area (Å²) in [6.07, 6.45) is 2.35. The average molecular weight is 167 g/mol. The van der Waals surface area contributed by atoms with E-state index in [1.54, 1.807) is 11.3 Å². The highest BCUT2D eigenvalue weighted by atomic mass is 32.1. The van der Waals surface area contributed by atoms with Crippen molar-refractivity contribution < 1.29 is 4.74 Å². The summed E-state index contributed by atoms with van der Waals surface area (Å²) >= 11 is 1.67. The topological polar surface area (TPSA) is 9.23 Å². The molecule has 1 radical (unpaired) electrons. The van der Waals surface area contributed by atoms with Crippen LogP contribution in [0.5, 0.6) is 0 Å². The lowest BCUT2D eigenvalue weighted by Gasteiger charge is -2.20. The fourth-order valence-corrected chi connectivity index (χ4v) is 2.12. The summed E-state index contributed by atoms with van der Waals surface area (Å²) in [6, 6.07) is 2.18. The van der Waals surface area contributed by atoms with Crippen LogP contribution in [0.15, 0.2) is 11.4 Å². The van der Waals surface area contributed by atoms with Gasteiger partial charge in [0, 0.05) is 18.6 Å². The molecule has 1 nitrogen and oxygen atoms in total. The van der Waals surface area contributed by atoms with Crippen LogP contribution in [0.1, 0.15) is 24.3 Å². The highest BCUT2D eigenvalue weighted by Crippen LogP contribution is 2.27. The quantitative estimate of drug-likeness (QED) is 0.624. The second-order valence-electron chi connectivity index (χ2n) is 2.86. The monoisotopic (exact) mass is 167 g/mol. The number of thiophene rings is 1. The van der Waals surface area contributed by atoms with Crippen LogP contribution in [0.3, 0.4) is 0 Å². The zero-order valence-corrected chi connectivity index (χ0v) is 7.19. The summed E-state index contributed by atoms with van der Waals surface area (Å²) in [7, 11) is 0. The van der Waals surface area contributed by atoms with E-state index in [1.807, 2.05) is 0 Å². The third-order valence-corrected chi connectivity index (χ3v) is 2.78. The molecule has 1 aliphatic heterocycles. The van der Waals surface area contributed by atoms with Gasteiger partial charge in [0.2, 0.25) is 0 Å². The van der Waals surface area contributed by atoms with Gasteiger partial charge in [-0.1, -0.05) is 0 Å². The van der Waals surface area contributed by atoms with E-state index >= 15 is 0 Å². The Kier molecular flexibility index (Phi) is 2.24. The van der Waals surface area contributed by atoms with Crippen molar-refractivity contribution in [2.24, 2.45) is 0 Å². The van der Waals surface area contributed by atoms with E-state index in [4.69, 9.17) is 4.74 Å². The number of hydrogen-bond donors (Lipinski definition) is 0. The summed E-state index contributed by atoms with van der Waals surface area (Å²) in [5.74, 6) is 0.718. The molecule has 1 fully saturated rings. The van der Waals surface area contributed by atoms with E-state index in [1.165, 1.54) is 18.4 Å². The Bertz CT molecular complexity index is 199. The summed E-state index contributed by atoms with van der Waals surface area (Å²) in [4.78, 5) is 0.